The molecule has 7 nitrogen and oxygen atoms in total. The smallest absolute Gasteiger partial charge is 0.435 e. The number of fused-ring (bicyclic) bond motifs is 3. The zero-order valence-electron chi connectivity index (χ0n) is 17.8. The average Bonchev–Trinajstić information content (AvgIpc) is 3.26. The lowest BCUT2D eigenvalue weighted by Crippen LogP contribution is -2.43. The summed E-state index contributed by atoms with van der Waals surface area (Å²) in [6.07, 6.45) is -6.63. The van der Waals surface area contributed by atoms with Gasteiger partial charge in [0.15, 0.2) is 5.69 Å². The summed E-state index contributed by atoms with van der Waals surface area (Å²) in [6.45, 7) is -0.0757. The van der Waals surface area contributed by atoms with Gasteiger partial charge in [-0.05, 0) is 22.3 Å². The maximum absolute atomic E-state index is 13.3. The third kappa shape index (κ3) is 4.45. The van der Waals surface area contributed by atoms with Gasteiger partial charge in [-0.3, -0.25) is 4.68 Å². The van der Waals surface area contributed by atoms with Crippen LogP contribution in [-0.2, 0) is 29.2 Å². The molecule has 1 unspecified atom stereocenters. The minimum atomic E-state index is -4.84. The molecule has 4 rings (SSSR count). The molecular weight excluding hydrogens is 475 g/mol. The number of hydrogen-bond acceptors (Lipinski definition) is 4. The molecule has 1 amide bonds. The maximum Gasteiger partial charge on any atom is 0.435 e. The third-order valence-corrected chi connectivity index (χ3v) is 6.15. The van der Waals surface area contributed by atoms with E-state index in [0.29, 0.717) is 0 Å². The fourth-order valence-electron chi connectivity index (χ4n) is 4.14. The lowest BCUT2D eigenvalue weighted by atomic mass is 9.98. The van der Waals surface area contributed by atoms with Crippen LogP contribution in [0, 0.1) is 0 Å². The Kier molecular flexibility index (Phi) is 6.26. The number of nitrogens with zero attached hydrogens (tertiary/aromatic N) is 2. The summed E-state index contributed by atoms with van der Waals surface area (Å²) < 4.78 is 46.0. The van der Waals surface area contributed by atoms with Crippen LogP contribution in [0.25, 0.3) is 11.1 Å². The van der Waals surface area contributed by atoms with E-state index in [1.807, 2.05) is 48.5 Å². The van der Waals surface area contributed by atoms with Gasteiger partial charge in [0.25, 0.3) is 0 Å². The molecule has 34 heavy (non-hydrogen) atoms. The second-order valence-electron chi connectivity index (χ2n) is 7.80. The first kappa shape index (κ1) is 23.6. The molecular formula is C23H19ClF3N3O4. The number of carboxylic acid groups (broad SMARTS) is 1. The first-order chi connectivity index (χ1) is 16.1. The fraction of sp³-hybridized carbons (Fsp3) is 0.261. The highest BCUT2D eigenvalue weighted by Gasteiger charge is 2.40. The molecule has 2 aromatic carbocycles. The number of carbonyl (C=O) groups is 2. The molecule has 2 N–H and O–H groups in total. The van der Waals surface area contributed by atoms with Gasteiger partial charge >= 0.3 is 18.2 Å². The monoisotopic (exact) mass is 493 g/mol. The van der Waals surface area contributed by atoms with Crippen molar-refractivity contribution in [3.63, 3.8) is 0 Å². The predicted octanol–water partition coefficient (Wildman–Crippen LogP) is 4.63. The van der Waals surface area contributed by atoms with Crippen molar-refractivity contribution >= 4 is 23.7 Å². The van der Waals surface area contributed by atoms with Gasteiger partial charge in [-0.1, -0.05) is 60.1 Å². The van der Waals surface area contributed by atoms with Crippen molar-refractivity contribution in [2.24, 2.45) is 7.05 Å². The summed E-state index contributed by atoms with van der Waals surface area (Å²) in [7, 11) is 1.20. The molecule has 1 aromatic heterocycles. The van der Waals surface area contributed by atoms with Gasteiger partial charge in [0, 0.05) is 24.9 Å². The van der Waals surface area contributed by atoms with Crippen LogP contribution in [0.3, 0.4) is 0 Å². The molecule has 3 aromatic rings. The molecule has 0 fully saturated rings. The number of aliphatic carboxylic acids is 1. The minimum Gasteiger partial charge on any atom is -0.480 e. The van der Waals surface area contributed by atoms with E-state index in [0.717, 1.165) is 26.9 Å². The zero-order chi connectivity index (χ0) is 24.6. The van der Waals surface area contributed by atoms with Crippen LogP contribution >= 0.6 is 11.6 Å². The first-order valence-electron chi connectivity index (χ1n) is 10.2. The number of alkyl halides is 3. The molecule has 1 aliphatic rings. The number of rotatable bonds is 6. The molecule has 0 bridgehead atoms. The number of amides is 1. The van der Waals surface area contributed by atoms with Gasteiger partial charge in [-0.25, -0.2) is 9.59 Å². The Morgan fingerprint density at radius 1 is 1.15 bits per heavy atom. The van der Waals surface area contributed by atoms with E-state index in [1.165, 1.54) is 7.05 Å². The van der Waals surface area contributed by atoms with E-state index in [9.17, 15) is 27.9 Å². The quantitative estimate of drug-likeness (QED) is 0.522. The van der Waals surface area contributed by atoms with Crippen LogP contribution < -0.4 is 5.32 Å². The van der Waals surface area contributed by atoms with E-state index >= 15 is 0 Å². The third-order valence-electron chi connectivity index (χ3n) is 5.68. The normalized spacial score (nSPS) is 13.8. The van der Waals surface area contributed by atoms with E-state index in [4.69, 9.17) is 16.3 Å². The Labute approximate surface area is 197 Å². The largest absolute Gasteiger partial charge is 0.480 e. The number of ether oxygens (including phenoxy) is 1. The average molecular weight is 494 g/mol. The number of hydrogen-bond donors (Lipinski definition) is 2. The van der Waals surface area contributed by atoms with Crippen molar-refractivity contribution in [2.45, 2.75) is 24.6 Å². The molecule has 11 heteroatoms. The zero-order valence-corrected chi connectivity index (χ0v) is 18.5. The molecule has 1 aliphatic carbocycles. The standard InChI is InChI=1S/C23H19ClF3N3O4/c1-30-20(24)16(19(29-30)23(25,26)27)10-18(21(31)32)28-22(33)34-11-17-14-8-4-2-6-12(14)13-7-3-5-9-15(13)17/h2-9,17-18H,10-11H2,1H3,(H,28,33)(H,31,32). The Morgan fingerprint density at radius 3 is 2.24 bits per heavy atom. The summed E-state index contributed by atoms with van der Waals surface area (Å²) in [6, 6.07) is 13.6. The van der Waals surface area contributed by atoms with Crippen LogP contribution in [-0.4, -0.2) is 39.6 Å². The van der Waals surface area contributed by atoms with Crippen LogP contribution in [0.15, 0.2) is 48.5 Å². The second-order valence-corrected chi connectivity index (χ2v) is 8.16. The highest BCUT2D eigenvalue weighted by molar-refractivity contribution is 6.30. The Balaban J connectivity index is 1.48. The van der Waals surface area contributed by atoms with Gasteiger partial charge in [-0.2, -0.15) is 18.3 Å². The number of aromatic nitrogens is 2. The SMILES string of the molecule is Cn1nc(C(F)(F)F)c(CC(NC(=O)OCC2c3ccccc3-c3ccccc32)C(=O)O)c1Cl. The van der Waals surface area contributed by atoms with Crippen molar-refractivity contribution < 1.29 is 32.6 Å². The Morgan fingerprint density at radius 2 is 1.71 bits per heavy atom. The number of aryl methyl sites for hydroxylation is 1. The lowest BCUT2D eigenvalue weighted by molar-refractivity contribution is -0.143. The Bertz CT molecular complexity index is 1210. The number of carbonyl (C=O) groups excluding carboxylic acids is 1. The van der Waals surface area contributed by atoms with Gasteiger partial charge in [0.2, 0.25) is 0 Å². The molecule has 0 saturated carbocycles. The minimum absolute atomic E-state index is 0.0757. The van der Waals surface area contributed by atoms with Crippen molar-refractivity contribution in [2.75, 3.05) is 6.61 Å². The van der Waals surface area contributed by atoms with E-state index in [1.54, 1.807) is 0 Å². The summed E-state index contributed by atoms with van der Waals surface area (Å²) in [5.74, 6) is -1.80. The number of nitrogens with one attached hydrogen (secondary N) is 1. The van der Waals surface area contributed by atoms with Crippen LogP contribution in [0.4, 0.5) is 18.0 Å². The number of alkyl carbamates (subject to hydrolysis) is 1. The lowest BCUT2D eigenvalue weighted by Gasteiger charge is -2.18. The number of benzene rings is 2. The van der Waals surface area contributed by atoms with Crippen molar-refractivity contribution in [3.8, 4) is 11.1 Å². The summed E-state index contributed by atoms with van der Waals surface area (Å²) >= 11 is 5.91. The molecule has 0 radical (unpaired) electrons. The van der Waals surface area contributed by atoms with E-state index in [-0.39, 0.29) is 17.7 Å². The number of halogens is 4. The molecule has 0 saturated heterocycles. The van der Waals surface area contributed by atoms with Gasteiger partial charge in [-0.15, -0.1) is 0 Å². The van der Waals surface area contributed by atoms with E-state index in [2.05, 4.69) is 10.4 Å². The van der Waals surface area contributed by atoms with Gasteiger partial charge in [0.1, 0.15) is 17.8 Å². The number of carboxylic acids is 1. The van der Waals surface area contributed by atoms with Crippen LogP contribution in [0.1, 0.15) is 28.3 Å². The first-order valence-corrected chi connectivity index (χ1v) is 10.6. The fourth-order valence-corrected chi connectivity index (χ4v) is 4.35. The van der Waals surface area contributed by atoms with Crippen LogP contribution in [0.5, 0.6) is 0 Å². The molecule has 1 atom stereocenters. The van der Waals surface area contributed by atoms with Crippen molar-refractivity contribution in [1.82, 2.24) is 15.1 Å². The maximum atomic E-state index is 13.3. The van der Waals surface area contributed by atoms with E-state index < -0.39 is 42.0 Å². The summed E-state index contributed by atoms with van der Waals surface area (Å²) in [5, 5.41) is 14.6. The highest BCUT2D eigenvalue weighted by atomic mass is 35.5. The summed E-state index contributed by atoms with van der Waals surface area (Å²) in [5.41, 5.74) is 2.12. The second kappa shape index (κ2) is 9.02. The van der Waals surface area contributed by atoms with Crippen molar-refractivity contribution in [1.29, 1.82) is 0 Å². The van der Waals surface area contributed by atoms with Gasteiger partial charge in [0.05, 0.1) is 0 Å². The molecule has 0 aliphatic heterocycles. The molecule has 1 heterocycles. The van der Waals surface area contributed by atoms with Crippen molar-refractivity contribution in [3.05, 3.63) is 76.1 Å². The predicted molar refractivity (Wildman–Crippen MR) is 117 cm³/mol. The molecule has 178 valence electrons. The van der Waals surface area contributed by atoms with Crippen LogP contribution in [0.2, 0.25) is 5.15 Å². The highest BCUT2D eigenvalue weighted by Crippen LogP contribution is 2.44. The topological polar surface area (TPSA) is 93.5 Å². The summed E-state index contributed by atoms with van der Waals surface area (Å²) in [4.78, 5) is 24.1. The molecule has 0 spiro atoms. The van der Waals surface area contributed by atoms with Gasteiger partial charge < -0.3 is 15.2 Å². The Hall–Kier alpha value is -3.53.